The van der Waals surface area contributed by atoms with Gasteiger partial charge in [0.2, 0.25) is 0 Å². The number of hydrogen-bond donors (Lipinski definition) is 0. The van der Waals surface area contributed by atoms with E-state index in [-0.39, 0.29) is 15.8 Å². The molecule has 1 atom stereocenters. The summed E-state index contributed by atoms with van der Waals surface area (Å²) >= 11 is 3.38. The summed E-state index contributed by atoms with van der Waals surface area (Å²) in [7, 11) is -3.01. The van der Waals surface area contributed by atoms with E-state index < -0.39 is 9.84 Å². The van der Waals surface area contributed by atoms with Crippen molar-refractivity contribution in [3.05, 3.63) is 11.9 Å². The van der Waals surface area contributed by atoms with E-state index in [2.05, 4.69) is 26.2 Å². The molecule has 1 aromatic heterocycles. The average Bonchev–Trinajstić information content (AvgIpc) is 2.63. The van der Waals surface area contributed by atoms with Crippen LogP contribution in [0.1, 0.15) is 31.3 Å². The Hall–Kier alpha value is -0.430. The summed E-state index contributed by atoms with van der Waals surface area (Å²) in [4.78, 5) is 0.128. The van der Waals surface area contributed by atoms with Crippen molar-refractivity contribution in [1.29, 1.82) is 0 Å². The molecule has 0 amide bonds. The summed E-state index contributed by atoms with van der Waals surface area (Å²) < 4.78 is 24.7. The van der Waals surface area contributed by atoms with E-state index in [9.17, 15) is 8.42 Å². The van der Waals surface area contributed by atoms with Crippen molar-refractivity contribution in [3.63, 3.8) is 0 Å². The summed E-state index contributed by atoms with van der Waals surface area (Å²) in [5.74, 6) is 0.101. The molecule has 7 heteroatoms. The van der Waals surface area contributed by atoms with Gasteiger partial charge in [-0.1, -0.05) is 21.1 Å². The molecule has 0 aromatic carbocycles. The molecule has 1 aromatic rings. The number of alkyl halides is 1. The van der Waals surface area contributed by atoms with E-state index in [1.165, 1.54) is 0 Å². The summed E-state index contributed by atoms with van der Waals surface area (Å²) in [6, 6.07) is 0. The van der Waals surface area contributed by atoms with Crippen molar-refractivity contribution in [2.24, 2.45) is 0 Å². The zero-order valence-corrected chi connectivity index (χ0v) is 12.0. The maximum absolute atomic E-state index is 11.6. The first-order valence-electron chi connectivity index (χ1n) is 5.08. The third-order valence-corrected chi connectivity index (χ3v) is 4.94. The summed E-state index contributed by atoms with van der Waals surface area (Å²) in [6.07, 6.45) is 1.76. The smallest absolute Gasteiger partial charge is 0.154 e. The maximum atomic E-state index is 11.6. The number of aryl methyl sites for hydroxylation is 1. The highest BCUT2D eigenvalue weighted by molar-refractivity contribution is 9.09. The van der Waals surface area contributed by atoms with Crippen LogP contribution in [0.3, 0.4) is 0 Å². The molecular formula is C9H16BrN3O2S. The van der Waals surface area contributed by atoms with Gasteiger partial charge in [0.15, 0.2) is 9.84 Å². The fourth-order valence-electron chi connectivity index (χ4n) is 1.06. The largest absolute Gasteiger partial charge is 0.251 e. The lowest BCUT2D eigenvalue weighted by Crippen LogP contribution is -2.21. The molecule has 5 nitrogen and oxygen atoms in total. The first kappa shape index (κ1) is 13.6. The minimum absolute atomic E-state index is 0.101. The SMILES string of the molecule is CC(Br)c1cn(CCS(=O)(=O)C(C)C)nn1. The van der Waals surface area contributed by atoms with Crippen molar-refractivity contribution >= 4 is 25.8 Å². The van der Waals surface area contributed by atoms with Gasteiger partial charge in [0, 0.05) is 6.20 Å². The molecule has 1 rings (SSSR count). The van der Waals surface area contributed by atoms with Gasteiger partial charge in [0.1, 0.15) is 0 Å². The zero-order chi connectivity index (χ0) is 12.3. The van der Waals surface area contributed by atoms with Crippen LogP contribution in [-0.4, -0.2) is 34.4 Å². The molecule has 0 aliphatic heterocycles. The van der Waals surface area contributed by atoms with E-state index in [1.807, 2.05) is 6.92 Å². The molecule has 0 spiro atoms. The number of nitrogens with zero attached hydrogens (tertiary/aromatic N) is 3. The van der Waals surface area contributed by atoms with Crippen LogP contribution in [0.25, 0.3) is 0 Å². The van der Waals surface area contributed by atoms with Gasteiger partial charge in [-0.25, -0.2) is 8.42 Å². The van der Waals surface area contributed by atoms with Gasteiger partial charge >= 0.3 is 0 Å². The highest BCUT2D eigenvalue weighted by Gasteiger charge is 2.16. The number of rotatable bonds is 5. The highest BCUT2D eigenvalue weighted by Crippen LogP contribution is 2.17. The third-order valence-electron chi connectivity index (χ3n) is 2.29. The van der Waals surface area contributed by atoms with Crippen molar-refractivity contribution < 1.29 is 8.42 Å². The van der Waals surface area contributed by atoms with Crippen LogP contribution in [0.2, 0.25) is 0 Å². The second kappa shape index (κ2) is 5.27. The minimum atomic E-state index is -3.01. The standard InChI is InChI=1S/C9H16BrN3O2S/c1-7(2)16(14,15)5-4-13-6-9(8(3)10)11-12-13/h6-8H,4-5H2,1-3H3. The quantitative estimate of drug-likeness (QED) is 0.774. The molecule has 0 radical (unpaired) electrons. The van der Waals surface area contributed by atoms with Gasteiger partial charge in [-0.05, 0) is 20.8 Å². The first-order chi connectivity index (χ1) is 7.33. The molecule has 16 heavy (non-hydrogen) atoms. The van der Waals surface area contributed by atoms with E-state index >= 15 is 0 Å². The molecule has 0 N–H and O–H groups in total. The number of halogens is 1. The molecule has 0 aliphatic rings. The fourth-order valence-corrected chi connectivity index (χ4v) is 2.18. The Morgan fingerprint density at radius 2 is 2.06 bits per heavy atom. The van der Waals surface area contributed by atoms with Gasteiger partial charge in [-0.15, -0.1) is 5.10 Å². The van der Waals surface area contributed by atoms with Crippen LogP contribution in [0.4, 0.5) is 0 Å². The molecule has 1 heterocycles. The predicted molar refractivity (Wildman–Crippen MR) is 66.3 cm³/mol. The van der Waals surface area contributed by atoms with Crippen molar-refractivity contribution in [1.82, 2.24) is 15.0 Å². The fraction of sp³-hybridized carbons (Fsp3) is 0.778. The van der Waals surface area contributed by atoms with Gasteiger partial charge in [0.25, 0.3) is 0 Å². The van der Waals surface area contributed by atoms with Gasteiger partial charge in [0.05, 0.1) is 28.1 Å². The molecule has 0 saturated carbocycles. The Balaban J connectivity index is 2.62. The maximum Gasteiger partial charge on any atom is 0.154 e. The Morgan fingerprint density at radius 3 is 2.50 bits per heavy atom. The van der Waals surface area contributed by atoms with Gasteiger partial charge in [-0.2, -0.15) is 0 Å². The Bertz CT molecular complexity index is 439. The first-order valence-corrected chi connectivity index (χ1v) is 7.71. The zero-order valence-electron chi connectivity index (χ0n) is 9.59. The van der Waals surface area contributed by atoms with E-state index in [1.54, 1.807) is 24.7 Å². The number of hydrogen-bond acceptors (Lipinski definition) is 4. The summed E-state index contributed by atoms with van der Waals surface area (Å²) in [5.41, 5.74) is 0.807. The van der Waals surface area contributed by atoms with Crippen LogP contribution < -0.4 is 0 Å². The lowest BCUT2D eigenvalue weighted by molar-refractivity contribution is 0.568. The Morgan fingerprint density at radius 1 is 1.44 bits per heavy atom. The minimum Gasteiger partial charge on any atom is -0.251 e. The summed E-state index contributed by atoms with van der Waals surface area (Å²) in [5, 5.41) is 7.46. The third kappa shape index (κ3) is 3.55. The van der Waals surface area contributed by atoms with Crippen molar-refractivity contribution in [2.75, 3.05) is 5.75 Å². The van der Waals surface area contributed by atoms with E-state index in [0.29, 0.717) is 6.54 Å². The molecule has 0 fully saturated rings. The highest BCUT2D eigenvalue weighted by atomic mass is 79.9. The molecule has 0 saturated heterocycles. The number of sulfone groups is 1. The van der Waals surface area contributed by atoms with Crippen LogP contribution in [0.5, 0.6) is 0 Å². The van der Waals surface area contributed by atoms with Crippen molar-refractivity contribution in [2.45, 2.75) is 37.4 Å². The van der Waals surface area contributed by atoms with Crippen LogP contribution in [-0.2, 0) is 16.4 Å². The van der Waals surface area contributed by atoms with E-state index in [4.69, 9.17) is 0 Å². The molecule has 0 aliphatic carbocycles. The van der Waals surface area contributed by atoms with Crippen LogP contribution in [0, 0.1) is 0 Å². The monoisotopic (exact) mass is 309 g/mol. The lowest BCUT2D eigenvalue weighted by Gasteiger charge is -2.06. The second-order valence-electron chi connectivity index (χ2n) is 3.94. The predicted octanol–water partition coefficient (Wildman–Crippen LogP) is 1.56. The molecular weight excluding hydrogens is 294 g/mol. The normalized spacial score (nSPS) is 14.3. The van der Waals surface area contributed by atoms with Crippen LogP contribution >= 0.6 is 15.9 Å². The number of aromatic nitrogens is 3. The molecule has 92 valence electrons. The average molecular weight is 310 g/mol. The van der Waals surface area contributed by atoms with E-state index in [0.717, 1.165) is 5.69 Å². The van der Waals surface area contributed by atoms with Crippen molar-refractivity contribution in [3.8, 4) is 0 Å². The summed E-state index contributed by atoms with van der Waals surface area (Å²) in [6.45, 7) is 5.66. The molecule has 0 bridgehead atoms. The topological polar surface area (TPSA) is 64.8 Å². The Labute approximate surface area is 104 Å². The van der Waals surface area contributed by atoms with Gasteiger partial charge < -0.3 is 0 Å². The second-order valence-corrected chi connectivity index (χ2v) is 7.99. The Kier molecular flexibility index (Phi) is 4.49. The molecule has 1 unspecified atom stereocenters. The van der Waals surface area contributed by atoms with Crippen LogP contribution in [0.15, 0.2) is 6.20 Å². The lowest BCUT2D eigenvalue weighted by atomic mass is 10.4. The van der Waals surface area contributed by atoms with Gasteiger partial charge in [-0.3, -0.25) is 4.68 Å².